The number of aryl methyl sites for hydroxylation is 1. The van der Waals surface area contributed by atoms with Crippen molar-refractivity contribution < 1.29 is 9.84 Å². The van der Waals surface area contributed by atoms with E-state index in [2.05, 4.69) is 18.3 Å². The van der Waals surface area contributed by atoms with Gasteiger partial charge in [0.2, 0.25) is 0 Å². The Morgan fingerprint density at radius 1 is 1.41 bits per heavy atom. The van der Waals surface area contributed by atoms with Gasteiger partial charge in [0.25, 0.3) is 0 Å². The van der Waals surface area contributed by atoms with Gasteiger partial charge < -0.3 is 15.2 Å². The molecule has 1 aromatic rings. The van der Waals surface area contributed by atoms with Crippen molar-refractivity contribution in [3.8, 4) is 5.75 Å². The molecular formula is C14H21NO2. The number of ether oxygens (including phenoxy) is 1. The van der Waals surface area contributed by atoms with Crippen LogP contribution in [0.1, 0.15) is 30.4 Å². The van der Waals surface area contributed by atoms with Gasteiger partial charge in [-0.25, -0.2) is 0 Å². The van der Waals surface area contributed by atoms with E-state index in [4.69, 9.17) is 4.74 Å². The predicted molar refractivity (Wildman–Crippen MR) is 68.2 cm³/mol. The van der Waals surface area contributed by atoms with Gasteiger partial charge in [-0.05, 0) is 32.3 Å². The van der Waals surface area contributed by atoms with Crippen molar-refractivity contribution in [2.24, 2.45) is 0 Å². The molecule has 0 radical (unpaired) electrons. The van der Waals surface area contributed by atoms with Crippen molar-refractivity contribution in [2.45, 2.75) is 38.3 Å². The Bertz CT molecular complexity index is 380. The molecule has 1 aliphatic rings. The van der Waals surface area contributed by atoms with E-state index >= 15 is 0 Å². The zero-order chi connectivity index (χ0) is 12.3. The van der Waals surface area contributed by atoms with Gasteiger partial charge in [-0.1, -0.05) is 17.7 Å². The standard InChI is InChI=1S/C14H21NO2/c1-11-4-5-13(17-2)12(8-11)9-15-14(10-16)6-3-7-14/h4-5,8,15-16H,3,6-7,9-10H2,1-2H3. The highest BCUT2D eigenvalue weighted by Crippen LogP contribution is 2.32. The van der Waals surface area contributed by atoms with Crippen molar-refractivity contribution in [3.63, 3.8) is 0 Å². The van der Waals surface area contributed by atoms with Crippen molar-refractivity contribution >= 4 is 0 Å². The van der Waals surface area contributed by atoms with Gasteiger partial charge in [0.1, 0.15) is 5.75 Å². The first-order valence-electron chi connectivity index (χ1n) is 6.18. The highest BCUT2D eigenvalue weighted by molar-refractivity contribution is 5.36. The number of aliphatic hydroxyl groups is 1. The van der Waals surface area contributed by atoms with Crippen LogP contribution in [0.3, 0.4) is 0 Å². The minimum absolute atomic E-state index is 0.0469. The van der Waals surface area contributed by atoms with Crippen LogP contribution in [0, 0.1) is 6.92 Å². The van der Waals surface area contributed by atoms with Gasteiger partial charge in [-0.2, -0.15) is 0 Å². The van der Waals surface area contributed by atoms with E-state index in [1.165, 1.54) is 12.0 Å². The van der Waals surface area contributed by atoms with Crippen LogP contribution in [0.5, 0.6) is 5.75 Å². The van der Waals surface area contributed by atoms with Gasteiger partial charge >= 0.3 is 0 Å². The van der Waals surface area contributed by atoms with Gasteiger partial charge in [0, 0.05) is 17.6 Å². The van der Waals surface area contributed by atoms with Crippen LogP contribution in [-0.2, 0) is 6.54 Å². The summed E-state index contributed by atoms with van der Waals surface area (Å²) in [5, 5.41) is 12.9. The van der Waals surface area contributed by atoms with Crippen LogP contribution in [0.15, 0.2) is 18.2 Å². The Morgan fingerprint density at radius 2 is 2.18 bits per heavy atom. The van der Waals surface area contributed by atoms with Gasteiger partial charge in [-0.3, -0.25) is 0 Å². The molecule has 1 saturated carbocycles. The molecule has 1 aliphatic carbocycles. The van der Waals surface area contributed by atoms with E-state index in [1.54, 1.807) is 7.11 Å². The molecule has 2 rings (SSSR count). The summed E-state index contributed by atoms with van der Waals surface area (Å²) in [6, 6.07) is 6.18. The van der Waals surface area contributed by atoms with E-state index in [9.17, 15) is 5.11 Å². The van der Waals surface area contributed by atoms with Gasteiger partial charge in [-0.15, -0.1) is 0 Å². The Kier molecular flexibility index (Phi) is 3.69. The topological polar surface area (TPSA) is 41.5 Å². The summed E-state index contributed by atoms with van der Waals surface area (Å²) in [6.45, 7) is 3.06. The number of rotatable bonds is 5. The molecule has 0 aromatic heterocycles. The third kappa shape index (κ3) is 2.61. The maximum absolute atomic E-state index is 9.40. The molecular weight excluding hydrogens is 214 g/mol. The lowest BCUT2D eigenvalue weighted by Gasteiger charge is -2.41. The van der Waals surface area contributed by atoms with Crippen LogP contribution in [-0.4, -0.2) is 24.4 Å². The summed E-state index contributed by atoms with van der Waals surface area (Å²) in [5.41, 5.74) is 2.34. The molecule has 3 nitrogen and oxygen atoms in total. The van der Waals surface area contributed by atoms with Crippen LogP contribution in [0.4, 0.5) is 0 Å². The highest BCUT2D eigenvalue weighted by atomic mass is 16.5. The summed E-state index contributed by atoms with van der Waals surface area (Å²) >= 11 is 0. The van der Waals surface area contributed by atoms with Crippen LogP contribution in [0.2, 0.25) is 0 Å². The smallest absolute Gasteiger partial charge is 0.123 e. The summed E-state index contributed by atoms with van der Waals surface area (Å²) in [6.07, 6.45) is 3.34. The SMILES string of the molecule is COc1ccc(C)cc1CNC1(CO)CCC1. The molecule has 3 heteroatoms. The van der Waals surface area contributed by atoms with Crippen molar-refractivity contribution in [1.82, 2.24) is 5.32 Å². The van der Waals surface area contributed by atoms with Gasteiger partial charge in [0.15, 0.2) is 0 Å². The number of methoxy groups -OCH3 is 1. The third-order valence-electron chi connectivity index (χ3n) is 3.70. The van der Waals surface area contributed by atoms with E-state index in [-0.39, 0.29) is 12.1 Å². The lowest BCUT2D eigenvalue weighted by Crippen LogP contribution is -2.53. The fraction of sp³-hybridized carbons (Fsp3) is 0.571. The van der Waals surface area contributed by atoms with Crippen molar-refractivity contribution in [1.29, 1.82) is 0 Å². The first-order chi connectivity index (χ1) is 8.19. The summed E-state index contributed by atoms with van der Waals surface area (Å²) in [4.78, 5) is 0. The molecule has 0 saturated heterocycles. The average Bonchev–Trinajstić information content (AvgIpc) is 2.28. The second kappa shape index (κ2) is 5.07. The van der Waals surface area contributed by atoms with E-state index < -0.39 is 0 Å². The number of hydrogen-bond donors (Lipinski definition) is 2. The Labute approximate surface area is 103 Å². The molecule has 94 valence electrons. The summed E-state index contributed by atoms with van der Waals surface area (Å²) in [5.74, 6) is 0.913. The summed E-state index contributed by atoms with van der Waals surface area (Å²) < 4.78 is 5.35. The van der Waals surface area contributed by atoms with E-state index in [0.29, 0.717) is 0 Å². The lowest BCUT2D eigenvalue weighted by molar-refractivity contribution is 0.0870. The van der Waals surface area contributed by atoms with Crippen LogP contribution >= 0.6 is 0 Å². The maximum atomic E-state index is 9.40. The molecule has 1 fully saturated rings. The highest BCUT2D eigenvalue weighted by Gasteiger charge is 2.35. The molecule has 0 bridgehead atoms. The second-order valence-electron chi connectivity index (χ2n) is 4.96. The monoisotopic (exact) mass is 235 g/mol. The third-order valence-corrected chi connectivity index (χ3v) is 3.70. The zero-order valence-corrected chi connectivity index (χ0v) is 10.6. The Morgan fingerprint density at radius 3 is 2.71 bits per heavy atom. The predicted octanol–water partition coefficient (Wildman–Crippen LogP) is 2.01. The largest absolute Gasteiger partial charge is 0.496 e. The first-order valence-corrected chi connectivity index (χ1v) is 6.18. The van der Waals surface area contributed by atoms with Crippen LogP contribution < -0.4 is 10.1 Å². The lowest BCUT2D eigenvalue weighted by atomic mass is 9.77. The van der Waals surface area contributed by atoms with E-state index in [1.807, 2.05) is 12.1 Å². The molecule has 0 atom stereocenters. The molecule has 2 N–H and O–H groups in total. The zero-order valence-electron chi connectivity index (χ0n) is 10.6. The molecule has 1 aromatic carbocycles. The summed E-state index contributed by atoms with van der Waals surface area (Å²) in [7, 11) is 1.69. The fourth-order valence-electron chi connectivity index (χ4n) is 2.32. The Balaban J connectivity index is 2.05. The normalized spacial score (nSPS) is 17.6. The average molecular weight is 235 g/mol. The molecule has 0 unspecified atom stereocenters. The number of hydrogen-bond acceptors (Lipinski definition) is 3. The minimum atomic E-state index is -0.0469. The molecule has 0 amide bonds. The Hall–Kier alpha value is -1.06. The minimum Gasteiger partial charge on any atom is -0.496 e. The second-order valence-corrected chi connectivity index (χ2v) is 4.96. The first kappa shape index (κ1) is 12.4. The quantitative estimate of drug-likeness (QED) is 0.820. The van der Waals surface area contributed by atoms with Crippen molar-refractivity contribution in [3.05, 3.63) is 29.3 Å². The molecule has 0 spiro atoms. The molecule has 0 aliphatic heterocycles. The number of aliphatic hydroxyl groups excluding tert-OH is 1. The number of benzene rings is 1. The van der Waals surface area contributed by atoms with Crippen LogP contribution in [0.25, 0.3) is 0 Å². The van der Waals surface area contributed by atoms with Gasteiger partial charge in [0.05, 0.1) is 13.7 Å². The molecule has 0 heterocycles. The fourth-order valence-corrected chi connectivity index (χ4v) is 2.32. The maximum Gasteiger partial charge on any atom is 0.123 e. The molecule has 17 heavy (non-hydrogen) atoms. The number of nitrogens with one attached hydrogen (secondary N) is 1. The van der Waals surface area contributed by atoms with Crippen molar-refractivity contribution in [2.75, 3.05) is 13.7 Å². The van der Waals surface area contributed by atoms with E-state index in [0.717, 1.165) is 30.7 Å².